The van der Waals surface area contributed by atoms with Crippen LogP contribution in [0.5, 0.6) is 0 Å². The number of carbonyl (C=O) groups is 2. The molecule has 2 heterocycles. The first-order chi connectivity index (χ1) is 17.0. The fourth-order valence-corrected chi connectivity index (χ4v) is 6.89. The maximum atomic E-state index is 13.6. The molecule has 2 saturated carbocycles. The van der Waals surface area contributed by atoms with E-state index < -0.39 is 5.54 Å². The van der Waals surface area contributed by atoms with E-state index >= 15 is 0 Å². The fourth-order valence-electron chi connectivity index (χ4n) is 6.89. The van der Waals surface area contributed by atoms with Crippen molar-refractivity contribution in [3.63, 3.8) is 0 Å². The minimum atomic E-state index is -0.828. The number of likely N-dealkylation sites (tertiary alicyclic amines) is 1. The molecule has 4 rings (SSSR count). The van der Waals surface area contributed by atoms with Crippen LogP contribution in [0.2, 0.25) is 0 Å². The molecule has 4 aliphatic rings. The summed E-state index contributed by atoms with van der Waals surface area (Å²) >= 11 is 0. The van der Waals surface area contributed by atoms with Gasteiger partial charge in [-0.05, 0) is 50.4 Å². The molecule has 7 heteroatoms. The zero-order valence-electron chi connectivity index (χ0n) is 21.8. The second-order valence-corrected chi connectivity index (χ2v) is 11.6. The van der Waals surface area contributed by atoms with E-state index in [1.807, 2.05) is 4.90 Å². The molecule has 2 aliphatic heterocycles. The minimum absolute atomic E-state index is 0.0519. The van der Waals surface area contributed by atoms with Gasteiger partial charge in [0.05, 0.1) is 19.3 Å². The van der Waals surface area contributed by atoms with Crippen LogP contribution < -0.4 is 5.32 Å². The first-order valence-electron chi connectivity index (χ1n) is 14.3. The summed E-state index contributed by atoms with van der Waals surface area (Å²) in [5.74, 6) is 0.960. The molecule has 0 unspecified atom stereocenters. The summed E-state index contributed by atoms with van der Waals surface area (Å²) in [6.45, 7) is 6.11. The second-order valence-electron chi connectivity index (χ2n) is 11.6. The number of hydrogen-bond acceptors (Lipinski definition) is 5. The van der Waals surface area contributed by atoms with Crippen molar-refractivity contribution in [2.24, 2.45) is 17.8 Å². The van der Waals surface area contributed by atoms with Crippen molar-refractivity contribution < 1.29 is 14.3 Å². The quantitative estimate of drug-likeness (QED) is 0.563. The van der Waals surface area contributed by atoms with Crippen LogP contribution >= 0.6 is 0 Å². The second kappa shape index (κ2) is 12.5. The van der Waals surface area contributed by atoms with Gasteiger partial charge in [-0.3, -0.25) is 14.5 Å². The number of nitrogens with one attached hydrogen (secondary N) is 1. The molecule has 7 nitrogen and oxygen atoms in total. The van der Waals surface area contributed by atoms with Crippen molar-refractivity contribution >= 4 is 11.8 Å². The van der Waals surface area contributed by atoms with E-state index in [4.69, 9.17) is 4.74 Å². The van der Waals surface area contributed by atoms with Crippen molar-refractivity contribution in [3.8, 4) is 6.07 Å². The van der Waals surface area contributed by atoms with Crippen LogP contribution in [0.3, 0.4) is 0 Å². The number of hydrogen-bond donors (Lipinski definition) is 1. The standard InChI is InChI=1S/C28H46N4O3/c1-2-22-8-10-25(11-9-22)32-13-12-28(20-29,21-32)30-27(34)24(18-23-6-4-3-5-7-23)19-26(33)31-14-16-35-17-15-31/h22-25H,2-19,21H2,1H3,(H,30,34)/t22?,24-,25?,28+/m1/s1. The van der Waals surface area contributed by atoms with Gasteiger partial charge >= 0.3 is 0 Å². The Morgan fingerprint density at radius 3 is 2.40 bits per heavy atom. The lowest BCUT2D eigenvalue weighted by molar-refractivity contribution is -0.140. The van der Waals surface area contributed by atoms with Crippen LogP contribution in [-0.4, -0.2) is 72.6 Å². The summed E-state index contributed by atoms with van der Waals surface area (Å²) in [7, 11) is 0. The topological polar surface area (TPSA) is 85.7 Å². The molecule has 0 radical (unpaired) electrons. The highest BCUT2D eigenvalue weighted by Gasteiger charge is 2.44. The Bertz CT molecular complexity index is 748. The largest absolute Gasteiger partial charge is 0.378 e. The zero-order chi connectivity index (χ0) is 24.7. The molecule has 0 aromatic carbocycles. The first-order valence-corrected chi connectivity index (χ1v) is 14.3. The lowest BCUT2D eigenvalue weighted by atomic mass is 9.81. The van der Waals surface area contributed by atoms with Crippen LogP contribution in [0.25, 0.3) is 0 Å². The first kappa shape index (κ1) is 26.4. The normalized spacial score (nSPS) is 31.6. The summed E-state index contributed by atoms with van der Waals surface area (Å²) < 4.78 is 5.40. The van der Waals surface area contributed by atoms with Gasteiger partial charge in [0, 0.05) is 44.6 Å². The Hall–Kier alpha value is -1.65. The van der Waals surface area contributed by atoms with Gasteiger partial charge in [0.25, 0.3) is 0 Å². The molecule has 0 bridgehead atoms. The van der Waals surface area contributed by atoms with Crippen molar-refractivity contribution in [1.82, 2.24) is 15.1 Å². The van der Waals surface area contributed by atoms with Crippen LogP contribution in [0.4, 0.5) is 0 Å². The molecule has 2 amide bonds. The fraction of sp³-hybridized carbons (Fsp3) is 0.893. The number of rotatable bonds is 8. The Labute approximate surface area is 211 Å². The number of carbonyl (C=O) groups excluding carboxylic acids is 2. The average Bonchev–Trinajstić information content (AvgIpc) is 3.33. The summed E-state index contributed by atoms with van der Waals surface area (Å²) in [5, 5.41) is 13.4. The summed E-state index contributed by atoms with van der Waals surface area (Å²) in [5.41, 5.74) is -0.828. The van der Waals surface area contributed by atoms with Gasteiger partial charge in [-0.1, -0.05) is 45.4 Å². The molecule has 0 spiro atoms. The van der Waals surface area contributed by atoms with E-state index in [0.717, 1.165) is 31.7 Å². The Morgan fingerprint density at radius 1 is 1.03 bits per heavy atom. The molecule has 2 saturated heterocycles. The number of nitriles is 1. The van der Waals surface area contributed by atoms with Crippen molar-refractivity contribution in [3.05, 3.63) is 0 Å². The third-order valence-corrected chi connectivity index (χ3v) is 9.28. The van der Waals surface area contributed by atoms with E-state index in [9.17, 15) is 14.9 Å². The summed E-state index contributed by atoms with van der Waals surface area (Å²) in [6.07, 6.45) is 13.9. The predicted octanol–water partition coefficient (Wildman–Crippen LogP) is 3.87. The van der Waals surface area contributed by atoms with Crippen LogP contribution in [-0.2, 0) is 14.3 Å². The van der Waals surface area contributed by atoms with E-state index in [1.54, 1.807) is 0 Å². The highest BCUT2D eigenvalue weighted by atomic mass is 16.5. The van der Waals surface area contributed by atoms with Gasteiger partial charge in [0.15, 0.2) is 0 Å². The minimum Gasteiger partial charge on any atom is -0.378 e. The van der Waals surface area contributed by atoms with Gasteiger partial charge in [-0.25, -0.2) is 0 Å². The number of amides is 2. The number of ether oxygens (including phenoxy) is 1. The molecule has 2 aliphatic carbocycles. The van der Waals surface area contributed by atoms with Crippen molar-refractivity contribution in [2.45, 2.75) is 102 Å². The number of nitrogens with zero attached hydrogens (tertiary/aromatic N) is 3. The third kappa shape index (κ3) is 6.98. The highest BCUT2D eigenvalue weighted by Crippen LogP contribution is 2.34. The smallest absolute Gasteiger partial charge is 0.224 e. The monoisotopic (exact) mass is 486 g/mol. The molecule has 0 aromatic heterocycles. The lowest BCUT2D eigenvalue weighted by Crippen LogP contribution is -2.53. The number of morpholine rings is 1. The SMILES string of the molecule is CCC1CCC(N2CC[C@@](C#N)(NC(=O)[C@@H](CC(=O)N3CCOCC3)CC3CCCCC3)C2)CC1. The maximum absolute atomic E-state index is 13.6. The van der Waals surface area contributed by atoms with Gasteiger partial charge in [-0.15, -0.1) is 0 Å². The predicted molar refractivity (Wildman–Crippen MR) is 135 cm³/mol. The lowest BCUT2D eigenvalue weighted by Gasteiger charge is -2.35. The van der Waals surface area contributed by atoms with Gasteiger partial charge < -0.3 is 15.0 Å². The Morgan fingerprint density at radius 2 is 1.74 bits per heavy atom. The van der Waals surface area contributed by atoms with E-state index in [-0.39, 0.29) is 24.2 Å². The molecule has 0 aromatic rings. The molecule has 2 atom stereocenters. The van der Waals surface area contributed by atoms with Crippen molar-refractivity contribution in [2.75, 3.05) is 39.4 Å². The zero-order valence-corrected chi connectivity index (χ0v) is 21.8. The van der Waals surface area contributed by atoms with E-state index in [0.29, 0.717) is 51.2 Å². The molecule has 4 fully saturated rings. The van der Waals surface area contributed by atoms with E-state index in [2.05, 4.69) is 23.2 Å². The van der Waals surface area contributed by atoms with Crippen LogP contribution in [0.15, 0.2) is 0 Å². The van der Waals surface area contributed by atoms with Gasteiger partial charge in [0.1, 0.15) is 5.54 Å². The maximum Gasteiger partial charge on any atom is 0.224 e. The van der Waals surface area contributed by atoms with E-state index in [1.165, 1.54) is 51.4 Å². The van der Waals surface area contributed by atoms with Crippen LogP contribution in [0.1, 0.15) is 90.4 Å². The molecule has 196 valence electrons. The van der Waals surface area contributed by atoms with Gasteiger partial charge in [0.2, 0.25) is 11.8 Å². The van der Waals surface area contributed by atoms with Crippen LogP contribution in [0, 0.1) is 29.1 Å². The molecule has 35 heavy (non-hydrogen) atoms. The van der Waals surface area contributed by atoms with Crippen molar-refractivity contribution in [1.29, 1.82) is 5.26 Å². The average molecular weight is 487 g/mol. The summed E-state index contributed by atoms with van der Waals surface area (Å²) in [4.78, 5) is 31.0. The Kier molecular flexibility index (Phi) is 9.46. The highest BCUT2D eigenvalue weighted by molar-refractivity contribution is 5.86. The molecule has 1 N–H and O–H groups in total. The molecular formula is C28H46N4O3. The van der Waals surface area contributed by atoms with Gasteiger partial charge in [-0.2, -0.15) is 5.26 Å². The third-order valence-electron chi connectivity index (χ3n) is 9.28. The summed E-state index contributed by atoms with van der Waals surface area (Å²) in [6, 6.07) is 3.02. The Balaban J connectivity index is 1.38. The molecular weight excluding hydrogens is 440 g/mol.